The number of fused-ring (bicyclic) bond motifs is 1. The normalized spacial score (nSPS) is 16.5. The molecule has 0 bridgehead atoms. The third-order valence-electron chi connectivity index (χ3n) is 1.79. The number of hydrogen-bond acceptors (Lipinski definition) is 3. The minimum Gasteiger partial charge on any atom is -0.390 e. The van der Waals surface area contributed by atoms with E-state index in [4.69, 9.17) is 9.84 Å². The Morgan fingerprint density at radius 1 is 1.73 bits per heavy atom. The number of hydrogen-bond donors (Lipinski definition) is 1. The molecule has 1 N–H and O–H groups in total. The van der Waals surface area contributed by atoms with Crippen LogP contribution in [0.3, 0.4) is 0 Å². The number of aliphatic hydroxyl groups excluding tert-OH is 1. The number of aliphatic hydroxyl groups is 1. The first-order valence-electron chi connectivity index (χ1n) is 3.64. The maximum Gasteiger partial charge on any atom is 0.139 e. The molecule has 1 aromatic heterocycles. The molecule has 0 amide bonds. The van der Waals surface area contributed by atoms with Crippen LogP contribution < -0.4 is 0 Å². The van der Waals surface area contributed by atoms with E-state index in [0.29, 0.717) is 6.73 Å². The van der Waals surface area contributed by atoms with Gasteiger partial charge in [0.05, 0.1) is 18.9 Å². The second-order valence-corrected chi connectivity index (χ2v) is 2.57. The summed E-state index contributed by atoms with van der Waals surface area (Å²) in [5, 5.41) is 12.9. The zero-order chi connectivity index (χ0) is 7.68. The van der Waals surface area contributed by atoms with E-state index in [1.54, 1.807) is 4.68 Å². The van der Waals surface area contributed by atoms with Crippen LogP contribution >= 0.6 is 0 Å². The van der Waals surface area contributed by atoms with Gasteiger partial charge in [0.15, 0.2) is 0 Å². The smallest absolute Gasteiger partial charge is 0.139 e. The summed E-state index contributed by atoms with van der Waals surface area (Å²) in [6.07, 6.45) is 0.896. The Morgan fingerprint density at radius 2 is 2.64 bits per heavy atom. The molecule has 0 saturated carbocycles. The molecule has 1 aliphatic rings. The highest BCUT2D eigenvalue weighted by Gasteiger charge is 2.10. The van der Waals surface area contributed by atoms with Crippen LogP contribution in [0.2, 0.25) is 0 Å². The van der Waals surface area contributed by atoms with E-state index in [2.05, 4.69) is 5.10 Å². The molecular formula is C7H10N2O2. The van der Waals surface area contributed by atoms with Gasteiger partial charge in [0.2, 0.25) is 0 Å². The zero-order valence-electron chi connectivity index (χ0n) is 6.16. The molecule has 2 heterocycles. The summed E-state index contributed by atoms with van der Waals surface area (Å²) < 4.78 is 6.96. The Kier molecular flexibility index (Phi) is 1.63. The van der Waals surface area contributed by atoms with Gasteiger partial charge >= 0.3 is 0 Å². The minimum atomic E-state index is 0.0139. The molecule has 0 radical (unpaired) electrons. The third kappa shape index (κ3) is 1.15. The van der Waals surface area contributed by atoms with Crippen molar-refractivity contribution < 1.29 is 9.84 Å². The van der Waals surface area contributed by atoms with Crippen LogP contribution in [-0.4, -0.2) is 21.5 Å². The van der Waals surface area contributed by atoms with Crippen molar-refractivity contribution in [2.75, 3.05) is 6.61 Å². The van der Waals surface area contributed by atoms with Crippen molar-refractivity contribution in [1.29, 1.82) is 0 Å². The van der Waals surface area contributed by atoms with Gasteiger partial charge < -0.3 is 9.84 Å². The molecule has 4 heteroatoms. The molecular weight excluding hydrogens is 144 g/mol. The van der Waals surface area contributed by atoms with E-state index in [-0.39, 0.29) is 6.61 Å². The molecule has 0 unspecified atom stereocenters. The quantitative estimate of drug-likeness (QED) is 0.614. The van der Waals surface area contributed by atoms with E-state index in [0.717, 1.165) is 24.4 Å². The van der Waals surface area contributed by atoms with Crippen molar-refractivity contribution in [2.24, 2.45) is 0 Å². The monoisotopic (exact) mass is 154 g/mol. The topological polar surface area (TPSA) is 47.3 Å². The van der Waals surface area contributed by atoms with E-state index >= 15 is 0 Å². The van der Waals surface area contributed by atoms with Crippen molar-refractivity contribution in [3.05, 3.63) is 17.5 Å². The van der Waals surface area contributed by atoms with Crippen LogP contribution in [-0.2, 0) is 24.5 Å². The number of nitrogens with zero attached hydrogens (tertiary/aromatic N) is 2. The number of aromatic nitrogens is 2. The van der Waals surface area contributed by atoms with Gasteiger partial charge in [-0.3, -0.25) is 0 Å². The third-order valence-corrected chi connectivity index (χ3v) is 1.79. The van der Waals surface area contributed by atoms with Crippen LogP contribution in [0.15, 0.2) is 6.07 Å². The van der Waals surface area contributed by atoms with Crippen LogP contribution in [0.4, 0.5) is 0 Å². The minimum absolute atomic E-state index is 0.0139. The van der Waals surface area contributed by atoms with Crippen LogP contribution in [0, 0.1) is 0 Å². The first-order chi connectivity index (χ1) is 5.40. The molecule has 0 spiro atoms. The van der Waals surface area contributed by atoms with Gasteiger partial charge in [-0.05, 0) is 6.07 Å². The average molecular weight is 154 g/mol. The molecule has 11 heavy (non-hydrogen) atoms. The van der Waals surface area contributed by atoms with Gasteiger partial charge in [-0.15, -0.1) is 0 Å². The molecule has 1 aromatic rings. The molecule has 0 saturated heterocycles. The highest BCUT2D eigenvalue weighted by molar-refractivity contribution is 5.10. The van der Waals surface area contributed by atoms with Gasteiger partial charge in [0.25, 0.3) is 0 Å². The Hall–Kier alpha value is -0.870. The highest BCUT2D eigenvalue weighted by atomic mass is 16.5. The van der Waals surface area contributed by atoms with Gasteiger partial charge in [-0.1, -0.05) is 0 Å². The van der Waals surface area contributed by atoms with Crippen LogP contribution in [0.5, 0.6) is 0 Å². The van der Waals surface area contributed by atoms with Crippen molar-refractivity contribution in [3.8, 4) is 0 Å². The molecule has 60 valence electrons. The van der Waals surface area contributed by atoms with Crippen molar-refractivity contribution >= 4 is 0 Å². The van der Waals surface area contributed by atoms with E-state index in [1.807, 2.05) is 6.07 Å². The SMILES string of the molecule is OCc1cc2n(n1)COCC2. The largest absolute Gasteiger partial charge is 0.390 e. The van der Waals surface area contributed by atoms with Gasteiger partial charge in [0.1, 0.15) is 6.73 Å². The molecule has 0 aromatic carbocycles. The summed E-state index contributed by atoms with van der Waals surface area (Å²) in [5.74, 6) is 0. The molecule has 1 aliphatic heterocycles. The average Bonchev–Trinajstić information content (AvgIpc) is 2.46. The summed E-state index contributed by atoms with van der Waals surface area (Å²) in [7, 11) is 0. The van der Waals surface area contributed by atoms with Crippen LogP contribution in [0.1, 0.15) is 11.4 Å². The first-order valence-corrected chi connectivity index (χ1v) is 3.64. The van der Waals surface area contributed by atoms with Gasteiger partial charge in [-0.2, -0.15) is 5.10 Å². The van der Waals surface area contributed by atoms with Crippen molar-refractivity contribution in [1.82, 2.24) is 9.78 Å². The molecule has 0 atom stereocenters. The highest BCUT2D eigenvalue weighted by Crippen LogP contribution is 2.09. The lowest BCUT2D eigenvalue weighted by atomic mass is 10.3. The molecule has 0 aliphatic carbocycles. The Bertz CT molecular complexity index is 233. The zero-order valence-corrected chi connectivity index (χ0v) is 6.16. The fraction of sp³-hybridized carbons (Fsp3) is 0.571. The molecule has 4 nitrogen and oxygen atoms in total. The lowest BCUT2D eigenvalue weighted by molar-refractivity contribution is 0.0475. The Labute approximate surface area is 64.4 Å². The summed E-state index contributed by atoms with van der Waals surface area (Å²) in [5.41, 5.74) is 1.88. The second-order valence-electron chi connectivity index (χ2n) is 2.57. The van der Waals surface area contributed by atoms with Gasteiger partial charge in [-0.25, -0.2) is 4.68 Å². The fourth-order valence-electron chi connectivity index (χ4n) is 1.23. The van der Waals surface area contributed by atoms with E-state index in [1.165, 1.54) is 0 Å². The lowest BCUT2D eigenvalue weighted by Gasteiger charge is -2.12. The summed E-state index contributed by atoms with van der Waals surface area (Å²) in [6.45, 7) is 1.30. The standard InChI is InChI=1S/C7H10N2O2/c10-4-6-3-7-1-2-11-5-9(7)8-6/h3,10H,1-2,4-5H2. The number of ether oxygens (including phenoxy) is 1. The summed E-state index contributed by atoms with van der Waals surface area (Å²) in [6, 6.07) is 1.92. The van der Waals surface area contributed by atoms with Crippen LogP contribution in [0.25, 0.3) is 0 Å². The summed E-state index contributed by atoms with van der Waals surface area (Å²) in [4.78, 5) is 0. The second kappa shape index (κ2) is 2.64. The maximum atomic E-state index is 8.77. The van der Waals surface area contributed by atoms with Crippen molar-refractivity contribution in [2.45, 2.75) is 19.8 Å². The van der Waals surface area contributed by atoms with E-state index in [9.17, 15) is 0 Å². The predicted octanol–water partition coefficient (Wildman–Crippen LogP) is -0.0944. The molecule has 2 rings (SSSR count). The maximum absolute atomic E-state index is 8.77. The number of rotatable bonds is 1. The Balaban J connectivity index is 2.32. The first kappa shape index (κ1) is 6.82. The van der Waals surface area contributed by atoms with Crippen molar-refractivity contribution in [3.63, 3.8) is 0 Å². The van der Waals surface area contributed by atoms with E-state index < -0.39 is 0 Å². The van der Waals surface area contributed by atoms with Gasteiger partial charge in [0, 0.05) is 12.1 Å². The predicted molar refractivity (Wildman–Crippen MR) is 37.8 cm³/mol. The Morgan fingerprint density at radius 3 is 3.36 bits per heavy atom. The lowest BCUT2D eigenvalue weighted by Crippen LogP contribution is -2.16. The fourth-order valence-corrected chi connectivity index (χ4v) is 1.23. The summed E-state index contributed by atoms with van der Waals surface area (Å²) >= 11 is 0. The molecule has 0 fully saturated rings.